The molecular weight excluding hydrogens is 2560 g/mol. The van der Waals surface area contributed by atoms with E-state index in [1.165, 1.54) is 0 Å². The van der Waals surface area contributed by atoms with Crippen molar-refractivity contribution in [2.24, 2.45) is 0 Å². The number of hydrogen-bond acceptors (Lipinski definition) is 14. The average Bonchev–Trinajstić information content (AvgIpc) is 1.60. The summed E-state index contributed by atoms with van der Waals surface area (Å²) < 4.78 is 40.6. The van der Waals surface area contributed by atoms with Crippen molar-refractivity contribution >= 4 is 109 Å². The van der Waals surface area contributed by atoms with Crippen LogP contribution in [0.1, 0.15) is 0 Å². The van der Waals surface area contributed by atoms with Crippen LogP contribution in [0.5, 0.6) is 46.0 Å². The summed E-state index contributed by atoms with van der Waals surface area (Å²) >= 11 is 0. The van der Waals surface area contributed by atoms with E-state index in [9.17, 15) is 0 Å². The molecule has 0 saturated heterocycles. The fourth-order valence-corrected chi connectivity index (χ4v) is 18.1. The summed E-state index contributed by atoms with van der Waals surface area (Å²) in [5.74, 6) is 8.09. The topological polar surface area (TPSA) is 205 Å². The fraction of sp³-hybridized carbons (Fsp3) is 0. The van der Waals surface area contributed by atoms with Gasteiger partial charge in [0, 0.05) is 157 Å². The Bertz CT molecular complexity index is 9280. The van der Waals surface area contributed by atoms with Crippen molar-refractivity contribution in [2.45, 2.75) is 0 Å². The van der Waals surface area contributed by atoms with Gasteiger partial charge in [0.15, 0.2) is 0 Å². The molecule has 716 valence electrons. The number of hydrogen-bond donors (Lipinski definition) is 0. The van der Waals surface area contributed by atoms with Gasteiger partial charge in [-0.1, -0.05) is 168 Å². The molecule has 0 aliphatic rings. The molecule has 148 heavy (non-hydrogen) atoms. The number of para-hydroxylation sites is 5. The van der Waals surface area contributed by atoms with Gasteiger partial charge in [0.05, 0.1) is 35.3 Å². The monoisotopic (exact) mass is 2630 g/mol. The predicted octanol–water partition coefficient (Wildman–Crippen LogP) is 27.4. The van der Waals surface area contributed by atoms with Gasteiger partial charge in [0.25, 0.3) is 0 Å². The Hall–Kier alpha value is -17.5. The van der Waals surface area contributed by atoms with E-state index in [0.717, 1.165) is 177 Å². The molecule has 22 nitrogen and oxygen atoms in total. The number of ether oxygens (including phenoxy) is 4. The van der Waals surface area contributed by atoms with Crippen LogP contribution in [0.25, 0.3) is 177 Å². The maximum atomic E-state index is 6.24. The summed E-state index contributed by atoms with van der Waals surface area (Å²) in [7, 11) is 0. The van der Waals surface area contributed by atoms with Gasteiger partial charge in [-0.2, -0.15) is 68.9 Å². The Morgan fingerprint density at radius 3 is 0.946 bits per heavy atom. The molecule has 0 atom stereocenters. The van der Waals surface area contributed by atoms with Crippen LogP contribution in [0.15, 0.2) is 451 Å². The first kappa shape index (κ1) is 96.6. The fourth-order valence-electron chi connectivity index (χ4n) is 18.1. The molecule has 14 aromatic heterocycles. The zero-order valence-corrected chi connectivity index (χ0v) is 86.8. The van der Waals surface area contributed by atoms with E-state index in [1.54, 1.807) is 52.7 Å². The minimum Gasteiger partial charge on any atom is -0.509 e. The summed E-state index contributed by atoms with van der Waals surface area (Å²) in [6.07, 6.45) is 23.9. The second-order valence-electron chi connectivity index (χ2n) is 33.6. The van der Waals surface area contributed by atoms with Crippen LogP contribution in [-0.2, 0) is 84.3 Å². The Morgan fingerprint density at radius 1 is 0.209 bits per heavy atom. The van der Waals surface area contributed by atoms with E-state index in [-0.39, 0.29) is 84.3 Å². The van der Waals surface area contributed by atoms with Crippen molar-refractivity contribution in [3.63, 3.8) is 0 Å². The molecule has 0 radical (unpaired) electrons. The Morgan fingerprint density at radius 2 is 0.554 bits per heavy atom. The summed E-state index contributed by atoms with van der Waals surface area (Å²) in [6, 6.07) is 149. The third-order valence-corrected chi connectivity index (χ3v) is 24.6. The molecule has 0 amide bonds. The first-order chi connectivity index (χ1) is 71.3. The molecule has 0 N–H and O–H groups in total. The maximum Gasteiger partial charge on any atom is 2.00 e. The second-order valence-corrected chi connectivity index (χ2v) is 33.6. The normalized spacial score (nSPS) is 11.0. The van der Waals surface area contributed by atoms with Crippen molar-refractivity contribution in [1.29, 1.82) is 0 Å². The van der Waals surface area contributed by atoms with Crippen LogP contribution < -0.4 is 18.9 Å². The third-order valence-electron chi connectivity index (χ3n) is 24.6. The van der Waals surface area contributed by atoms with E-state index in [4.69, 9.17) is 18.9 Å². The smallest absolute Gasteiger partial charge is 0.509 e. The van der Waals surface area contributed by atoms with E-state index in [1.807, 2.05) is 344 Å². The first-order valence-corrected chi connectivity index (χ1v) is 46.4. The molecule has 14 heterocycles. The molecule has 0 aliphatic heterocycles. The second kappa shape index (κ2) is 43.2. The van der Waals surface area contributed by atoms with E-state index in [2.05, 4.69) is 190 Å². The van der Waals surface area contributed by atoms with Crippen LogP contribution in [0.3, 0.4) is 0 Å². The van der Waals surface area contributed by atoms with Gasteiger partial charge in [0.2, 0.25) is 0 Å². The molecule has 0 fully saturated rings. The van der Waals surface area contributed by atoms with Crippen molar-refractivity contribution in [3.8, 4) is 114 Å². The Kier molecular flexibility index (Phi) is 28.2. The van der Waals surface area contributed by atoms with Gasteiger partial charge in [-0.25, -0.2) is 19.9 Å². The number of aromatic nitrogens is 18. The van der Waals surface area contributed by atoms with Gasteiger partial charge in [-0.3, -0.25) is 28.7 Å². The zero-order valence-electron chi connectivity index (χ0n) is 77.7. The quantitative estimate of drug-likeness (QED) is 0.0733. The maximum absolute atomic E-state index is 6.24. The van der Waals surface area contributed by atoms with Gasteiger partial charge in [-0.05, 0) is 147 Å². The van der Waals surface area contributed by atoms with Gasteiger partial charge >= 0.3 is 84.3 Å². The van der Waals surface area contributed by atoms with Crippen LogP contribution in [0, 0.1) is 48.5 Å². The standard InChI is InChI=1S/2C31H19N5O.2C30H18N4O.4Pt/c1-2-12-29-26(10-1)27-15-14-25(19-30(27)36(29)31-13-4-6-17-33-31)37-24-9-7-8-23(18-24)35-21-22(20-34-35)28-11-3-5-16-32-28;1-2-11-29-27(10-1)28-14-13-26(18-30(28)36(29)31-12-3-4-16-33-31)37-25-9-5-8-24(17-25)35-21-23(20-34-35)22-7-6-15-32-19-22;1-3-12-27-21(8-1)20-33(32-27)22-9-7-10-23(18-22)35-24-15-16-26-25-11-2-4-13-28(25)34(29(26)19-24)30-14-5-6-17-31-30;1-3-12-27-21(8-1)20-32-34(27)22-9-7-10-23(18-22)35-24-15-16-26-25-11-2-4-13-28(25)33(29(26)19-24)30-14-5-6-17-31-30;;;;/h1-17,20-21H;1-16,19-21H;2*1-17,20H;;;;/q4*-2;4*+2. The van der Waals surface area contributed by atoms with Gasteiger partial charge < -0.3 is 37.2 Å². The minimum atomic E-state index is 0. The number of rotatable bonds is 18. The SMILES string of the molecule is [Pt+2].[Pt+2].[Pt+2].[Pt+2].[c-]1c(Oc2[c-]c3c(cc2)c2ccccc2n3-c2ccccn2)cccc1-n1cc(-c2ccccn2)cn1.[c-]1c(Oc2[c-]c3c(cc2)c2ccccc2n3-c2ccccn2)cccc1-n1cc(-c2cccnc2)cn1.[c-]1c(Oc2[c-]c3c(cc2)c2ccccc2n3-c2ccccn2)cccc1-n1cc2ccccc2n1.[c-]1c(Oc2[c-]c3c(cc2)c2ccccc2n3-c2ccccn2)cccc1-n1ncc2ccccc21. The first-order valence-electron chi connectivity index (χ1n) is 46.4. The number of pyridine rings is 6. The summed E-state index contributed by atoms with van der Waals surface area (Å²) in [5.41, 5.74) is 16.8. The summed E-state index contributed by atoms with van der Waals surface area (Å²) in [5, 5.41) is 29.3. The van der Waals surface area contributed by atoms with Gasteiger partial charge in [-0.15, -0.1) is 143 Å². The molecule has 26 heteroatoms. The molecule has 0 unspecified atom stereocenters. The van der Waals surface area contributed by atoms with Crippen molar-refractivity contribution in [1.82, 2.24) is 87.3 Å². The largest absolute Gasteiger partial charge is 2.00 e. The molecule has 0 spiro atoms. The molecule has 14 aromatic carbocycles. The van der Waals surface area contributed by atoms with Crippen LogP contribution >= 0.6 is 0 Å². The Labute approximate surface area is 905 Å². The molecule has 0 aliphatic carbocycles. The summed E-state index contributed by atoms with van der Waals surface area (Å²) in [4.78, 5) is 26.9. The molecule has 0 saturated carbocycles. The Balaban J connectivity index is 0.000000115. The van der Waals surface area contributed by atoms with Crippen LogP contribution in [-0.4, -0.2) is 87.3 Å². The molecule has 28 aromatic rings. The van der Waals surface area contributed by atoms with E-state index < -0.39 is 0 Å². The number of nitrogens with zero attached hydrogens (tertiary/aromatic N) is 18. The minimum absolute atomic E-state index is 0. The van der Waals surface area contributed by atoms with Gasteiger partial charge in [0.1, 0.15) is 23.3 Å². The third kappa shape index (κ3) is 19.5. The van der Waals surface area contributed by atoms with Crippen LogP contribution in [0.4, 0.5) is 0 Å². The van der Waals surface area contributed by atoms with Crippen LogP contribution in [0.2, 0.25) is 0 Å². The van der Waals surface area contributed by atoms with E-state index >= 15 is 0 Å². The number of fused-ring (bicyclic) bond motifs is 14. The zero-order chi connectivity index (χ0) is 95.6. The van der Waals surface area contributed by atoms with Crippen molar-refractivity contribution in [2.75, 3.05) is 0 Å². The average molecular weight is 2640 g/mol. The molecule has 28 rings (SSSR count). The molecule has 0 bridgehead atoms. The number of benzene rings is 14. The molecular formula is C122H74N18O4Pt4. The van der Waals surface area contributed by atoms with Crippen molar-refractivity contribution in [3.05, 3.63) is 499 Å². The van der Waals surface area contributed by atoms with E-state index in [0.29, 0.717) is 46.0 Å². The predicted molar refractivity (Wildman–Crippen MR) is 561 cm³/mol. The van der Waals surface area contributed by atoms with Crippen molar-refractivity contribution < 1.29 is 103 Å². The summed E-state index contributed by atoms with van der Waals surface area (Å²) in [6.45, 7) is 0.